The first-order valence-corrected chi connectivity index (χ1v) is 21.5. The molecule has 0 aliphatic heterocycles. The van der Waals surface area contributed by atoms with Gasteiger partial charge in [0.15, 0.2) is 0 Å². The summed E-state index contributed by atoms with van der Waals surface area (Å²) in [4.78, 5) is 4.88. The minimum Gasteiger partial charge on any atom is -0.310 e. The van der Waals surface area contributed by atoms with Crippen molar-refractivity contribution in [1.82, 2.24) is 4.57 Å². The third-order valence-electron chi connectivity index (χ3n) is 13.0. The highest BCUT2D eigenvalue weighted by molar-refractivity contribution is 6.14. The van der Waals surface area contributed by atoms with E-state index in [0.29, 0.717) is 0 Å². The molecule has 1 aliphatic rings. The molecule has 0 saturated carbocycles. The highest BCUT2D eigenvalue weighted by Crippen LogP contribution is 2.58. The van der Waals surface area contributed by atoms with E-state index >= 15 is 0 Å². The van der Waals surface area contributed by atoms with E-state index in [-0.39, 0.29) is 5.41 Å². The Morgan fingerprint density at radius 1 is 0.371 bits per heavy atom. The first-order chi connectivity index (χ1) is 30.5. The van der Waals surface area contributed by atoms with Gasteiger partial charge in [-0.15, -0.1) is 0 Å². The zero-order chi connectivity index (χ0) is 41.4. The molecule has 3 heteroatoms. The summed E-state index contributed by atoms with van der Waals surface area (Å²) in [6.07, 6.45) is 0. The number of benzene rings is 10. The van der Waals surface area contributed by atoms with E-state index in [1.165, 1.54) is 65.6 Å². The normalized spacial score (nSPS) is 12.8. The van der Waals surface area contributed by atoms with Crippen molar-refractivity contribution in [2.24, 2.45) is 0 Å². The second-order valence-electron chi connectivity index (χ2n) is 17.0. The molecule has 0 radical (unpaired) electrons. The molecule has 1 aliphatic carbocycles. The van der Waals surface area contributed by atoms with E-state index < -0.39 is 0 Å². The maximum atomic E-state index is 2.48. The van der Waals surface area contributed by atoms with E-state index in [9.17, 15) is 0 Å². The molecule has 0 atom stereocenters. The molecular weight excluding hydrogens is 751 g/mol. The lowest BCUT2D eigenvalue weighted by molar-refractivity contribution is 0.661. The number of aromatic nitrogens is 1. The maximum absolute atomic E-state index is 2.48. The third-order valence-corrected chi connectivity index (χ3v) is 13.0. The molecule has 0 spiro atoms. The van der Waals surface area contributed by atoms with E-state index in [2.05, 4.69) is 253 Å². The van der Waals surface area contributed by atoms with Crippen LogP contribution < -0.4 is 9.80 Å². The number of fused-ring (bicyclic) bond motifs is 9. The molecule has 0 unspecified atom stereocenters. The Balaban J connectivity index is 1.12. The lowest BCUT2D eigenvalue weighted by atomic mass is 9.80. The zero-order valence-corrected chi connectivity index (χ0v) is 34.7. The predicted molar refractivity (Wildman–Crippen MR) is 263 cm³/mol. The molecule has 1 heterocycles. The second kappa shape index (κ2) is 14.1. The van der Waals surface area contributed by atoms with Gasteiger partial charge >= 0.3 is 0 Å². The Morgan fingerprint density at radius 3 is 1.56 bits per heavy atom. The van der Waals surface area contributed by atoms with Crippen LogP contribution in [0.2, 0.25) is 0 Å². The molecular formula is C59H43N3. The molecule has 0 fully saturated rings. The first-order valence-electron chi connectivity index (χ1n) is 21.5. The van der Waals surface area contributed by atoms with Crippen molar-refractivity contribution in [3.05, 3.63) is 236 Å². The standard InChI is InChI=1S/C59H43N3/c1-59(2)53-35-30-40-18-14-15-27-49(40)57(53)52-38-48(60(43-21-6-3-7-22-43)44-23-8-4-9-24-44)39-56(58(52)59)61(45-25-10-5-11-26-45)46-31-33-47(34-32-46)62-54-29-17-16-28-50(54)51-36-41-19-12-13-20-42(41)37-55(51)62/h3-39H,1-2H3. The minimum atomic E-state index is -0.300. The van der Waals surface area contributed by atoms with Crippen molar-refractivity contribution in [3.8, 4) is 16.8 Å². The van der Waals surface area contributed by atoms with Crippen molar-refractivity contribution in [1.29, 1.82) is 0 Å². The Bertz CT molecular complexity index is 3440. The lowest BCUT2D eigenvalue weighted by Crippen LogP contribution is -2.21. The van der Waals surface area contributed by atoms with Gasteiger partial charge in [0.05, 0.1) is 16.7 Å². The van der Waals surface area contributed by atoms with Gasteiger partial charge in [-0.3, -0.25) is 0 Å². The fourth-order valence-electron chi connectivity index (χ4n) is 10.3. The van der Waals surface area contributed by atoms with Crippen molar-refractivity contribution in [2.75, 3.05) is 9.80 Å². The molecule has 0 N–H and O–H groups in total. The van der Waals surface area contributed by atoms with Crippen molar-refractivity contribution in [3.63, 3.8) is 0 Å². The average molecular weight is 794 g/mol. The smallest absolute Gasteiger partial charge is 0.0547 e. The summed E-state index contributed by atoms with van der Waals surface area (Å²) >= 11 is 0. The fourth-order valence-corrected chi connectivity index (χ4v) is 10.3. The number of anilines is 6. The summed E-state index contributed by atoms with van der Waals surface area (Å²) in [7, 11) is 0. The van der Waals surface area contributed by atoms with Crippen LogP contribution in [0.1, 0.15) is 25.0 Å². The quantitative estimate of drug-likeness (QED) is 0.159. The van der Waals surface area contributed by atoms with Crippen molar-refractivity contribution >= 4 is 77.5 Å². The summed E-state index contributed by atoms with van der Waals surface area (Å²) in [5.41, 5.74) is 15.1. The summed E-state index contributed by atoms with van der Waals surface area (Å²) in [6, 6.07) is 82.1. The molecule has 1 aromatic heterocycles. The minimum absolute atomic E-state index is 0.300. The highest BCUT2D eigenvalue weighted by Gasteiger charge is 2.41. The van der Waals surface area contributed by atoms with E-state index in [1.807, 2.05) is 0 Å². The molecule has 12 rings (SSSR count). The summed E-state index contributed by atoms with van der Waals surface area (Å²) in [6.45, 7) is 4.81. The van der Waals surface area contributed by atoms with Gasteiger partial charge in [-0.25, -0.2) is 0 Å². The van der Waals surface area contributed by atoms with Crippen LogP contribution in [0.15, 0.2) is 224 Å². The molecule has 10 aromatic carbocycles. The van der Waals surface area contributed by atoms with Crippen LogP contribution in [0.3, 0.4) is 0 Å². The second-order valence-corrected chi connectivity index (χ2v) is 17.0. The Morgan fingerprint density at radius 2 is 0.903 bits per heavy atom. The van der Waals surface area contributed by atoms with E-state index in [4.69, 9.17) is 0 Å². The maximum Gasteiger partial charge on any atom is 0.0547 e. The van der Waals surface area contributed by atoms with Gasteiger partial charge in [-0.2, -0.15) is 0 Å². The highest BCUT2D eigenvalue weighted by atomic mass is 15.2. The van der Waals surface area contributed by atoms with Gasteiger partial charge in [0.1, 0.15) is 0 Å². The molecule has 3 nitrogen and oxygen atoms in total. The Kier molecular flexibility index (Phi) is 8.20. The Hall–Kier alpha value is -7.88. The third kappa shape index (κ3) is 5.59. The van der Waals surface area contributed by atoms with Crippen LogP contribution >= 0.6 is 0 Å². The number of nitrogens with zero attached hydrogens (tertiary/aromatic N) is 3. The summed E-state index contributed by atoms with van der Waals surface area (Å²) in [5, 5.41) is 7.53. The molecule has 11 aromatic rings. The van der Waals surface area contributed by atoms with Gasteiger partial charge in [-0.1, -0.05) is 147 Å². The molecule has 0 saturated heterocycles. The Labute approximate surface area is 362 Å². The predicted octanol–water partition coefficient (Wildman–Crippen LogP) is 16.3. The number of hydrogen-bond acceptors (Lipinski definition) is 2. The monoisotopic (exact) mass is 793 g/mol. The van der Waals surface area contributed by atoms with Gasteiger partial charge in [-0.05, 0) is 135 Å². The van der Waals surface area contributed by atoms with Gasteiger partial charge in [0, 0.05) is 50.3 Å². The molecule has 0 bridgehead atoms. The van der Waals surface area contributed by atoms with Gasteiger partial charge in [0.25, 0.3) is 0 Å². The lowest BCUT2D eigenvalue weighted by Gasteiger charge is -2.34. The van der Waals surface area contributed by atoms with Crippen LogP contribution in [0, 0.1) is 0 Å². The van der Waals surface area contributed by atoms with Crippen molar-refractivity contribution in [2.45, 2.75) is 19.3 Å². The number of rotatable bonds is 7. The van der Waals surface area contributed by atoms with E-state index in [0.717, 1.165) is 39.8 Å². The molecule has 62 heavy (non-hydrogen) atoms. The van der Waals surface area contributed by atoms with E-state index in [1.54, 1.807) is 0 Å². The largest absolute Gasteiger partial charge is 0.310 e. The summed E-state index contributed by atoms with van der Waals surface area (Å²) in [5.74, 6) is 0. The average Bonchev–Trinajstić information content (AvgIpc) is 3.77. The zero-order valence-electron chi connectivity index (χ0n) is 34.7. The number of hydrogen-bond donors (Lipinski definition) is 0. The van der Waals surface area contributed by atoms with Gasteiger partial charge in [0.2, 0.25) is 0 Å². The van der Waals surface area contributed by atoms with Crippen LogP contribution in [-0.2, 0) is 5.41 Å². The van der Waals surface area contributed by atoms with Gasteiger partial charge < -0.3 is 14.4 Å². The van der Waals surface area contributed by atoms with Crippen LogP contribution in [0.5, 0.6) is 0 Å². The first kappa shape index (κ1) is 36.0. The summed E-state index contributed by atoms with van der Waals surface area (Å²) < 4.78 is 2.43. The SMILES string of the molecule is CC1(C)c2ccc3ccccc3c2-c2cc(N(c3ccccc3)c3ccccc3)cc(N(c3ccccc3)c3ccc(-n4c5ccccc5c5cc6ccccc6cc54)cc3)c21. The van der Waals surface area contributed by atoms with Crippen LogP contribution in [0.4, 0.5) is 34.1 Å². The molecule has 294 valence electrons. The van der Waals surface area contributed by atoms with Crippen LogP contribution in [-0.4, -0.2) is 4.57 Å². The fraction of sp³-hybridized carbons (Fsp3) is 0.0508. The topological polar surface area (TPSA) is 11.4 Å². The van der Waals surface area contributed by atoms with Crippen molar-refractivity contribution < 1.29 is 0 Å². The van der Waals surface area contributed by atoms with Crippen LogP contribution in [0.25, 0.3) is 60.2 Å². The number of para-hydroxylation sites is 4. The molecule has 0 amide bonds.